The van der Waals surface area contributed by atoms with Gasteiger partial charge in [0, 0.05) is 42.8 Å². The molecule has 1 saturated heterocycles. The molecule has 7 heteroatoms. The molecular weight excluding hydrogens is 368 g/mol. The zero-order chi connectivity index (χ0) is 20.8. The van der Waals surface area contributed by atoms with Gasteiger partial charge in [-0.05, 0) is 61.2 Å². The molecule has 3 amide bonds. The summed E-state index contributed by atoms with van der Waals surface area (Å²) in [5, 5.41) is 7.77. The van der Waals surface area contributed by atoms with E-state index < -0.39 is 11.8 Å². The average Bonchev–Trinajstić information content (AvgIpc) is 2.69. The van der Waals surface area contributed by atoms with Crippen LogP contribution in [0.25, 0.3) is 0 Å². The standard InChI is InChI=1S/C22H26N4O3/c1-15-10-12-26(13-11-15)20-8-6-17(7-9-20)24-21(28)22(29)25-19-5-3-4-18(14-19)23-16(2)27/h3-9,14-15H,10-13H2,1-2H3,(H,23,27)(H,24,28)(H,25,29). The van der Waals surface area contributed by atoms with Crippen LogP contribution in [0.5, 0.6) is 0 Å². The van der Waals surface area contributed by atoms with Crippen LogP contribution in [0.15, 0.2) is 48.5 Å². The lowest BCUT2D eigenvalue weighted by Crippen LogP contribution is -2.32. The molecule has 1 heterocycles. The van der Waals surface area contributed by atoms with Gasteiger partial charge in [-0.1, -0.05) is 13.0 Å². The van der Waals surface area contributed by atoms with E-state index >= 15 is 0 Å². The Balaban J connectivity index is 1.55. The Hall–Kier alpha value is -3.35. The van der Waals surface area contributed by atoms with Crippen molar-refractivity contribution in [3.05, 3.63) is 48.5 Å². The summed E-state index contributed by atoms with van der Waals surface area (Å²) in [6.07, 6.45) is 2.36. The molecule has 0 unspecified atom stereocenters. The molecule has 0 atom stereocenters. The molecule has 0 bridgehead atoms. The van der Waals surface area contributed by atoms with Crippen LogP contribution < -0.4 is 20.9 Å². The van der Waals surface area contributed by atoms with E-state index in [1.165, 1.54) is 19.8 Å². The number of nitrogens with one attached hydrogen (secondary N) is 3. The minimum atomic E-state index is -0.779. The van der Waals surface area contributed by atoms with Crippen LogP contribution in [-0.4, -0.2) is 30.8 Å². The third-order valence-corrected chi connectivity index (χ3v) is 4.92. The first kappa shape index (κ1) is 20.4. The Bertz CT molecular complexity index is 887. The molecule has 0 saturated carbocycles. The number of hydrogen-bond donors (Lipinski definition) is 3. The maximum atomic E-state index is 12.2. The highest BCUT2D eigenvalue weighted by Gasteiger charge is 2.17. The van der Waals surface area contributed by atoms with Gasteiger partial charge >= 0.3 is 11.8 Å². The highest BCUT2D eigenvalue weighted by Crippen LogP contribution is 2.24. The molecule has 2 aromatic carbocycles. The second-order valence-electron chi connectivity index (χ2n) is 7.39. The summed E-state index contributed by atoms with van der Waals surface area (Å²) in [6.45, 7) is 5.74. The van der Waals surface area contributed by atoms with Gasteiger partial charge in [-0.15, -0.1) is 0 Å². The van der Waals surface area contributed by atoms with Crippen molar-refractivity contribution in [1.82, 2.24) is 0 Å². The van der Waals surface area contributed by atoms with Crippen LogP contribution in [0.1, 0.15) is 26.7 Å². The number of piperidine rings is 1. The largest absolute Gasteiger partial charge is 0.372 e. The number of hydrogen-bond acceptors (Lipinski definition) is 4. The number of carbonyl (C=O) groups is 3. The van der Waals surface area contributed by atoms with E-state index in [1.807, 2.05) is 12.1 Å². The summed E-state index contributed by atoms with van der Waals surface area (Å²) in [5.41, 5.74) is 2.64. The van der Waals surface area contributed by atoms with Crippen molar-refractivity contribution in [3.63, 3.8) is 0 Å². The van der Waals surface area contributed by atoms with Crippen molar-refractivity contribution in [2.75, 3.05) is 33.9 Å². The molecule has 7 nitrogen and oxygen atoms in total. The van der Waals surface area contributed by atoms with Gasteiger partial charge in [-0.3, -0.25) is 14.4 Å². The number of amides is 3. The number of nitrogens with zero attached hydrogens (tertiary/aromatic N) is 1. The second-order valence-corrected chi connectivity index (χ2v) is 7.39. The van der Waals surface area contributed by atoms with Crippen molar-refractivity contribution in [3.8, 4) is 0 Å². The third kappa shape index (κ3) is 5.81. The van der Waals surface area contributed by atoms with Gasteiger partial charge in [0.15, 0.2) is 0 Å². The van der Waals surface area contributed by atoms with E-state index in [0.717, 1.165) is 24.7 Å². The lowest BCUT2D eigenvalue weighted by atomic mass is 9.99. The van der Waals surface area contributed by atoms with Crippen molar-refractivity contribution in [2.45, 2.75) is 26.7 Å². The van der Waals surface area contributed by atoms with E-state index in [1.54, 1.807) is 36.4 Å². The summed E-state index contributed by atoms with van der Waals surface area (Å²) in [5.74, 6) is -0.982. The lowest BCUT2D eigenvalue weighted by molar-refractivity contribution is -0.132. The average molecular weight is 394 g/mol. The summed E-state index contributed by atoms with van der Waals surface area (Å²) < 4.78 is 0. The fourth-order valence-corrected chi connectivity index (χ4v) is 3.28. The van der Waals surface area contributed by atoms with Crippen molar-refractivity contribution in [1.29, 1.82) is 0 Å². The van der Waals surface area contributed by atoms with E-state index in [2.05, 4.69) is 27.8 Å². The predicted molar refractivity (Wildman–Crippen MR) is 115 cm³/mol. The molecule has 3 rings (SSSR count). The van der Waals surface area contributed by atoms with E-state index in [-0.39, 0.29) is 5.91 Å². The fraction of sp³-hybridized carbons (Fsp3) is 0.318. The summed E-state index contributed by atoms with van der Waals surface area (Å²) in [4.78, 5) is 37.8. The fourth-order valence-electron chi connectivity index (χ4n) is 3.28. The highest BCUT2D eigenvalue weighted by molar-refractivity contribution is 6.43. The Morgan fingerprint density at radius 1 is 0.828 bits per heavy atom. The zero-order valence-electron chi connectivity index (χ0n) is 16.7. The van der Waals surface area contributed by atoms with E-state index in [0.29, 0.717) is 17.1 Å². The van der Waals surface area contributed by atoms with Gasteiger partial charge in [0.2, 0.25) is 5.91 Å². The van der Waals surface area contributed by atoms with Crippen LogP contribution in [0.2, 0.25) is 0 Å². The summed E-state index contributed by atoms with van der Waals surface area (Å²) in [7, 11) is 0. The smallest absolute Gasteiger partial charge is 0.314 e. The topological polar surface area (TPSA) is 90.5 Å². The normalized spacial score (nSPS) is 14.2. The lowest BCUT2D eigenvalue weighted by Gasteiger charge is -2.32. The van der Waals surface area contributed by atoms with Gasteiger partial charge in [-0.25, -0.2) is 0 Å². The van der Waals surface area contributed by atoms with Crippen molar-refractivity contribution < 1.29 is 14.4 Å². The van der Waals surface area contributed by atoms with Crippen LogP contribution in [0.3, 0.4) is 0 Å². The monoisotopic (exact) mass is 394 g/mol. The Morgan fingerprint density at radius 2 is 1.38 bits per heavy atom. The molecule has 3 N–H and O–H groups in total. The van der Waals surface area contributed by atoms with Gasteiger partial charge in [0.1, 0.15) is 0 Å². The van der Waals surface area contributed by atoms with Crippen LogP contribution in [0, 0.1) is 5.92 Å². The maximum Gasteiger partial charge on any atom is 0.314 e. The first-order valence-corrected chi connectivity index (χ1v) is 9.76. The Labute approximate surface area is 170 Å². The van der Waals surface area contributed by atoms with Gasteiger partial charge in [0.05, 0.1) is 0 Å². The molecule has 0 aromatic heterocycles. The first-order valence-electron chi connectivity index (χ1n) is 9.76. The van der Waals surface area contributed by atoms with Gasteiger partial charge in [-0.2, -0.15) is 0 Å². The van der Waals surface area contributed by atoms with E-state index in [4.69, 9.17) is 0 Å². The minimum absolute atomic E-state index is 0.214. The molecule has 1 aliphatic rings. The Morgan fingerprint density at radius 3 is 1.97 bits per heavy atom. The number of benzene rings is 2. The number of anilines is 4. The molecule has 1 aliphatic heterocycles. The van der Waals surface area contributed by atoms with Crippen LogP contribution in [-0.2, 0) is 14.4 Å². The number of carbonyl (C=O) groups excluding carboxylic acids is 3. The molecular formula is C22H26N4O3. The predicted octanol–water partition coefficient (Wildman–Crippen LogP) is 3.46. The summed E-state index contributed by atoms with van der Waals surface area (Å²) >= 11 is 0. The minimum Gasteiger partial charge on any atom is -0.372 e. The number of rotatable bonds is 4. The Kier molecular flexibility index (Phi) is 6.49. The molecule has 0 spiro atoms. The quantitative estimate of drug-likeness (QED) is 0.693. The molecule has 0 radical (unpaired) electrons. The maximum absolute atomic E-state index is 12.2. The molecule has 0 aliphatic carbocycles. The molecule has 1 fully saturated rings. The molecule has 152 valence electrons. The van der Waals surface area contributed by atoms with Crippen LogP contribution >= 0.6 is 0 Å². The van der Waals surface area contributed by atoms with Gasteiger partial charge in [0.25, 0.3) is 0 Å². The zero-order valence-corrected chi connectivity index (χ0v) is 16.7. The molecule has 29 heavy (non-hydrogen) atoms. The SMILES string of the molecule is CC(=O)Nc1cccc(NC(=O)C(=O)Nc2ccc(N3CCC(C)CC3)cc2)c1. The van der Waals surface area contributed by atoms with Crippen LogP contribution in [0.4, 0.5) is 22.7 Å². The molecule has 2 aromatic rings. The second kappa shape index (κ2) is 9.23. The first-order chi connectivity index (χ1) is 13.9. The van der Waals surface area contributed by atoms with Crippen molar-refractivity contribution >= 4 is 40.5 Å². The third-order valence-electron chi connectivity index (χ3n) is 4.92. The highest BCUT2D eigenvalue weighted by atomic mass is 16.2. The van der Waals surface area contributed by atoms with E-state index in [9.17, 15) is 14.4 Å². The van der Waals surface area contributed by atoms with Gasteiger partial charge < -0.3 is 20.9 Å². The van der Waals surface area contributed by atoms with Crippen molar-refractivity contribution in [2.24, 2.45) is 5.92 Å². The summed E-state index contributed by atoms with van der Waals surface area (Å²) in [6, 6.07) is 14.1.